The predicted molar refractivity (Wildman–Crippen MR) is 264 cm³/mol. The minimum atomic E-state index is -0.0394. The third-order valence-electron chi connectivity index (χ3n) is 12.7. The molecule has 1 aliphatic heterocycles. The molecule has 1 N–H and O–H groups in total. The van der Waals surface area contributed by atoms with Crippen molar-refractivity contribution in [3.63, 3.8) is 0 Å². The van der Waals surface area contributed by atoms with E-state index < -0.39 is 0 Å². The summed E-state index contributed by atoms with van der Waals surface area (Å²) in [6.07, 6.45) is 13.8. The maximum Gasteiger partial charge on any atom is 0.0732 e. The summed E-state index contributed by atoms with van der Waals surface area (Å²) < 4.78 is 0. The van der Waals surface area contributed by atoms with Crippen LogP contribution in [0.4, 0.5) is 0 Å². The Hall–Kier alpha value is -2.81. The normalized spacial score (nSPS) is 19.5. The molecular formula is C54H91N3S. The largest absolute Gasteiger partial charge is 0.380 e. The van der Waals surface area contributed by atoms with Gasteiger partial charge in [-0.1, -0.05) is 179 Å². The van der Waals surface area contributed by atoms with Gasteiger partial charge in [-0.25, -0.2) is 0 Å². The number of allylic oxidation sites excluding steroid dienone is 1. The van der Waals surface area contributed by atoms with E-state index in [1.807, 2.05) is 0 Å². The van der Waals surface area contributed by atoms with Crippen molar-refractivity contribution in [1.29, 1.82) is 0 Å². The predicted octanol–water partition coefficient (Wildman–Crippen LogP) is 15.2. The molecule has 4 rings (SSSR count). The van der Waals surface area contributed by atoms with Gasteiger partial charge < -0.3 is 15.1 Å². The molecule has 0 radical (unpaired) electrons. The second-order valence-electron chi connectivity index (χ2n) is 20.1. The fraction of sp³-hybridized carbons (Fsp3) is 0.648. The van der Waals surface area contributed by atoms with E-state index in [1.54, 1.807) is 11.1 Å². The van der Waals surface area contributed by atoms with E-state index in [2.05, 4.69) is 187 Å². The summed E-state index contributed by atoms with van der Waals surface area (Å²) >= 11 is 4.57. The van der Waals surface area contributed by atoms with Gasteiger partial charge in [-0.2, -0.15) is 0 Å². The highest BCUT2D eigenvalue weighted by atomic mass is 32.1. The van der Waals surface area contributed by atoms with Gasteiger partial charge in [-0.15, -0.1) is 18.4 Å². The Balaban J connectivity index is 0.000000810. The van der Waals surface area contributed by atoms with Crippen LogP contribution in [0.2, 0.25) is 0 Å². The van der Waals surface area contributed by atoms with Crippen molar-refractivity contribution in [2.45, 2.75) is 185 Å². The number of hydrogen-bond acceptors (Lipinski definition) is 4. The van der Waals surface area contributed by atoms with Crippen LogP contribution in [0.15, 0.2) is 104 Å². The average molecular weight is 814 g/mol. The summed E-state index contributed by atoms with van der Waals surface area (Å²) in [5.41, 5.74) is 9.82. The maximum atomic E-state index is 4.91. The van der Waals surface area contributed by atoms with Gasteiger partial charge in [-0.3, -0.25) is 0 Å². The van der Waals surface area contributed by atoms with Crippen molar-refractivity contribution in [3.05, 3.63) is 115 Å². The molecule has 3 nitrogen and oxygen atoms in total. The van der Waals surface area contributed by atoms with E-state index in [-0.39, 0.29) is 29.0 Å². The van der Waals surface area contributed by atoms with Crippen LogP contribution in [0.5, 0.6) is 0 Å². The molecule has 0 bridgehead atoms. The number of aryl methyl sites for hydroxylation is 2. The average Bonchev–Trinajstić information content (AvgIpc) is 3.86. The molecular weight excluding hydrogens is 723 g/mol. The van der Waals surface area contributed by atoms with E-state index in [9.17, 15) is 0 Å². The molecule has 1 saturated carbocycles. The molecule has 1 aromatic rings. The molecule has 0 amide bonds. The lowest BCUT2D eigenvalue weighted by Gasteiger charge is -2.52. The van der Waals surface area contributed by atoms with E-state index in [4.69, 9.17) is 6.58 Å². The van der Waals surface area contributed by atoms with Gasteiger partial charge in [0, 0.05) is 34.6 Å². The van der Waals surface area contributed by atoms with Crippen molar-refractivity contribution in [2.75, 3.05) is 6.54 Å². The summed E-state index contributed by atoms with van der Waals surface area (Å²) in [4.78, 5) is 5.96. The Morgan fingerprint density at radius 1 is 0.879 bits per heavy atom. The Bertz CT molecular complexity index is 1460. The fourth-order valence-electron chi connectivity index (χ4n) is 8.74. The number of likely N-dealkylation sites (tertiary alicyclic amines) is 1. The van der Waals surface area contributed by atoms with Crippen molar-refractivity contribution in [2.24, 2.45) is 34.5 Å². The molecule has 2 aliphatic carbocycles. The van der Waals surface area contributed by atoms with Crippen LogP contribution in [0.25, 0.3) is 0 Å². The Labute approximate surface area is 366 Å². The van der Waals surface area contributed by atoms with Crippen molar-refractivity contribution >= 4 is 12.6 Å². The number of rotatable bonds is 16. The van der Waals surface area contributed by atoms with E-state index in [0.29, 0.717) is 23.8 Å². The quantitative estimate of drug-likeness (QED) is 0.0985. The van der Waals surface area contributed by atoms with E-state index in [0.717, 1.165) is 53.6 Å². The van der Waals surface area contributed by atoms with Crippen molar-refractivity contribution < 1.29 is 0 Å². The lowest BCUT2D eigenvalue weighted by molar-refractivity contribution is 0.0402. The highest BCUT2D eigenvalue weighted by Crippen LogP contribution is 2.44. The number of hydrogen-bond donors (Lipinski definition) is 2. The summed E-state index contributed by atoms with van der Waals surface area (Å²) in [6, 6.07) is 9.55. The summed E-state index contributed by atoms with van der Waals surface area (Å²) in [5.74, 6) is 2.57. The second-order valence-corrected chi connectivity index (χ2v) is 20.6. The first-order valence-corrected chi connectivity index (χ1v) is 23.2. The molecule has 1 saturated heterocycles. The number of unbranched alkanes of at least 4 members (excludes halogenated alkanes) is 1. The second kappa shape index (κ2) is 25.1. The first-order valence-electron chi connectivity index (χ1n) is 22.8. The number of fused-ring (bicyclic) bond motifs is 1. The molecule has 0 spiro atoms. The highest BCUT2D eigenvalue weighted by molar-refractivity contribution is 7.84. The molecule has 6 atom stereocenters. The lowest BCUT2D eigenvalue weighted by Crippen LogP contribution is -2.56. The molecule has 6 unspecified atom stereocenters. The monoisotopic (exact) mass is 814 g/mol. The summed E-state index contributed by atoms with van der Waals surface area (Å²) in [6.45, 7) is 59.9. The van der Waals surface area contributed by atoms with Crippen LogP contribution in [0.3, 0.4) is 0 Å². The zero-order valence-corrected chi connectivity index (χ0v) is 41.1. The van der Waals surface area contributed by atoms with Crippen LogP contribution in [-0.2, 0) is 12.8 Å². The summed E-state index contributed by atoms with van der Waals surface area (Å²) in [5, 5.41) is 3.86. The number of benzene rings is 1. The van der Waals surface area contributed by atoms with Crippen molar-refractivity contribution in [1.82, 2.24) is 15.1 Å². The van der Waals surface area contributed by atoms with Crippen LogP contribution in [0.1, 0.15) is 159 Å². The van der Waals surface area contributed by atoms with Crippen LogP contribution in [0, 0.1) is 34.5 Å². The van der Waals surface area contributed by atoms with Gasteiger partial charge in [0.2, 0.25) is 0 Å². The Morgan fingerprint density at radius 2 is 1.38 bits per heavy atom. The van der Waals surface area contributed by atoms with Crippen LogP contribution in [-0.4, -0.2) is 40.5 Å². The minimum Gasteiger partial charge on any atom is -0.380 e. The number of nitrogens with one attached hydrogen (secondary N) is 1. The van der Waals surface area contributed by atoms with Crippen LogP contribution < -0.4 is 5.32 Å². The molecule has 1 heterocycles. The first kappa shape index (κ1) is 53.2. The smallest absolute Gasteiger partial charge is 0.0732 e. The third kappa shape index (κ3) is 16.7. The zero-order chi connectivity index (χ0) is 44.5. The molecule has 328 valence electrons. The standard InChI is InChI=1S/C37H65N3S.C10H12.C4H10.C3H4/c1-17-34(36(11,12)13)40(24(4)5)35(37(14,15)16)28(9)39-22-31(25(6)23(2)3)21-33(39)27(8)38-32(20-30-18-19-30)26(7)29(10)41;1-2-6-10-8-4-3-7-9(10)5-1;1-3-4-2;1-3-2/h23,25,30-35,38,41H,4,7-10,17-22H2,1-3,5-6,11-16H3;1-2,5-6H,3-4,7-8H2;3-4H2,1-2H3;1-2H2. The van der Waals surface area contributed by atoms with Gasteiger partial charge >= 0.3 is 0 Å². The third-order valence-corrected chi connectivity index (χ3v) is 12.9. The maximum absolute atomic E-state index is 4.91. The minimum absolute atomic E-state index is 0.0394. The fourth-order valence-corrected chi connectivity index (χ4v) is 8.90. The molecule has 58 heavy (non-hydrogen) atoms. The lowest BCUT2D eigenvalue weighted by atomic mass is 9.77. The van der Waals surface area contributed by atoms with Gasteiger partial charge in [0.25, 0.3) is 0 Å². The molecule has 0 aromatic heterocycles. The number of nitrogens with zero attached hydrogens (tertiary/aromatic N) is 2. The van der Waals surface area contributed by atoms with E-state index in [1.165, 1.54) is 57.1 Å². The molecule has 4 heteroatoms. The molecule has 2 fully saturated rings. The zero-order valence-electron chi connectivity index (χ0n) is 40.2. The van der Waals surface area contributed by atoms with Gasteiger partial charge in [0.1, 0.15) is 0 Å². The van der Waals surface area contributed by atoms with Gasteiger partial charge in [0.15, 0.2) is 0 Å². The SMILES string of the molecule is C=C(S)C(=C)C(CC1CC1)NC(=C)C1CC(C(C)C(C)C)CN1C(=C)C(N(C(=C)C)C(CC)C(C)(C)C)C(C)(C)C.C=C=C.CCCC.c1ccc2c(c1)CCCC2. The molecule has 3 aliphatic rings. The van der Waals surface area contributed by atoms with Gasteiger partial charge in [-0.05, 0) is 103 Å². The Kier molecular flexibility index (Phi) is 23.0. The Morgan fingerprint density at radius 3 is 1.74 bits per heavy atom. The first-order chi connectivity index (χ1) is 27.0. The summed E-state index contributed by atoms with van der Waals surface area (Å²) in [7, 11) is 0. The number of thiol groups is 1. The van der Waals surface area contributed by atoms with E-state index >= 15 is 0 Å². The van der Waals surface area contributed by atoms with Gasteiger partial charge in [0.05, 0.1) is 18.1 Å². The topological polar surface area (TPSA) is 18.5 Å². The molecule has 1 aromatic carbocycles. The van der Waals surface area contributed by atoms with Crippen LogP contribution >= 0.6 is 12.6 Å². The van der Waals surface area contributed by atoms with Crippen molar-refractivity contribution in [3.8, 4) is 0 Å². The highest BCUT2D eigenvalue weighted by Gasteiger charge is 2.46.